The Bertz CT molecular complexity index is 1540. The fourth-order valence-corrected chi connectivity index (χ4v) is 3.50. The summed E-state index contributed by atoms with van der Waals surface area (Å²) in [6.45, 7) is 0. The minimum absolute atomic E-state index is 0.0246. The van der Waals surface area contributed by atoms with Crippen molar-refractivity contribution in [1.82, 2.24) is 9.55 Å². The molecule has 0 fully saturated rings. The monoisotopic (exact) mass is 473 g/mol. The molecule has 0 bridgehead atoms. The number of nitro benzene ring substituents is 1. The number of benzene rings is 3. The number of phenols is 1. The maximum absolute atomic E-state index is 13.4. The van der Waals surface area contributed by atoms with Crippen LogP contribution in [0, 0.1) is 10.1 Å². The molecular formula is C25H19N3O7. The average Bonchev–Trinajstić information content (AvgIpc) is 2.87. The number of hydrogen-bond donors (Lipinski definition) is 1. The fourth-order valence-electron chi connectivity index (χ4n) is 3.50. The normalized spacial score (nSPS) is 11.0. The molecule has 3 aromatic carbocycles. The van der Waals surface area contributed by atoms with Crippen LogP contribution in [0.15, 0.2) is 65.5 Å². The fraction of sp³-hybridized carbons (Fsp3) is 0.0800. The zero-order valence-corrected chi connectivity index (χ0v) is 18.7. The van der Waals surface area contributed by atoms with Gasteiger partial charge in [0.25, 0.3) is 11.2 Å². The summed E-state index contributed by atoms with van der Waals surface area (Å²) in [5.74, 6) is -0.0801. The Balaban J connectivity index is 1.91. The molecular weight excluding hydrogens is 454 g/mol. The van der Waals surface area contributed by atoms with E-state index in [0.717, 1.165) is 0 Å². The molecule has 4 rings (SSSR count). The second-order valence-corrected chi connectivity index (χ2v) is 7.37. The maximum atomic E-state index is 13.4. The predicted molar refractivity (Wildman–Crippen MR) is 129 cm³/mol. The molecule has 0 aliphatic rings. The summed E-state index contributed by atoms with van der Waals surface area (Å²) < 4.78 is 11.2. The van der Waals surface area contributed by atoms with Gasteiger partial charge in [-0.2, -0.15) is 0 Å². The number of phenolic OH excluding ortho intramolecular Hbond substituents is 1. The first-order valence-corrected chi connectivity index (χ1v) is 10.3. The smallest absolute Gasteiger partial charge is 0.337 e. The van der Waals surface area contributed by atoms with E-state index in [2.05, 4.69) is 4.98 Å². The van der Waals surface area contributed by atoms with Gasteiger partial charge in [0.2, 0.25) is 0 Å². The van der Waals surface area contributed by atoms with Gasteiger partial charge >= 0.3 is 5.97 Å². The van der Waals surface area contributed by atoms with Gasteiger partial charge in [-0.25, -0.2) is 9.78 Å². The number of rotatable bonds is 6. The van der Waals surface area contributed by atoms with Gasteiger partial charge < -0.3 is 14.6 Å². The molecule has 0 aliphatic carbocycles. The number of ether oxygens (including phenoxy) is 2. The number of methoxy groups -OCH3 is 2. The highest BCUT2D eigenvalue weighted by Gasteiger charge is 2.15. The number of fused-ring (bicyclic) bond motifs is 1. The van der Waals surface area contributed by atoms with E-state index in [9.17, 15) is 24.8 Å². The number of hydrogen-bond acceptors (Lipinski definition) is 8. The molecule has 0 saturated heterocycles. The van der Waals surface area contributed by atoms with E-state index < -0.39 is 16.5 Å². The third-order valence-corrected chi connectivity index (χ3v) is 5.26. The van der Waals surface area contributed by atoms with Crippen molar-refractivity contribution in [1.29, 1.82) is 0 Å². The molecule has 4 aromatic rings. The summed E-state index contributed by atoms with van der Waals surface area (Å²) in [4.78, 5) is 40.4. The van der Waals surface area contributed by atoms with Gasteiger partial charge in [-0.05, 0) is 54.1 Å². The van der Waals surface area contributed by atoms with Gasteiger partial charge in [-0.3, -0.25) is 19.5 Å². The van der Waals surface area contributed by atoms with Crippen LogP contribution in [0.4, 0.5) is 5.69 Å². The summed E-state index contributed by atoms with van der Waals surface area (Å²) in [6, 6.07) is 14.8. The molecule has 176 valence electrons. The summed E-state index contributed by atoms with van der Waals surface area (Å²) in [5.41, 5.74) is 0.914. The minimum Gasteiger partial charge on any atom is -0.504 e. The Kier molecular flexibility index (Phi) is 6.27. The third-order valence-electron chi connectivity index (χ3n) is 5.26. The van der Waals surface area contributed by atoms with Gasteiger partial charge in [-0.1, -0.05) is 12.1 Å². The number of aromatic hydroxyl groups is 1. The molecule has 10 nitrogen and oxygen atoms in total. The predicted octanol–water partition coefficient (Wildman–Crippen LogP) is 3.97. The van der Waals surface area contributed by atoms with Crippen LogP contribution in [-0.4, -0.2) is 39.8 Å². The Morgan fingerprint density at radius 3 is 2.46 bits per heavy atom. The number of esters is 1. The summed E-state index contributed by atoms with van der Waals surface area (Å²) in [7, 11) is 2.70. The van der Waals surface area contributed by atoms with Crippen LogP contribution in [0.1, 0.15) is 21.7 Å². The van der Waals surface area contributed by atoms with Crippen molar-refractivity contribution >= 4 is 34.7 Å². The summed E-state index contributed by atoms with van der Waals surface area (Å²) >= 11 is 0. The van der Waals surface area contributed by atoms with Gasteiger partial charge in [0.15, 0.2) is 11.5 Å². The van der Waals surface area contributed by atoms with Gasteiger partial charge in [0.05, 0.1) is 41.3 Å². The molecule has 0 unspecified atom stereocenters. The first-order chi connectivity index (χ1) is 16.8. The van der Waals surface area contributed by atoms with Crippen LogP contribution in [0.2, 0.25) is 0 Å². The zero-order chi connectivity index (χ0) is 25.1. The summed E-state index contributed by atoms with van der Waals surface area (Å²) in [5, 5.41) is 21.2. The Hall–Kier alpha value is -4.99. The van der Waals surface area contributed by atoms with Crippen LogP contribution in [0.5, 0.6) is 11.5 Å². The van der Waals surface area contributed by atoms with Crippen LogP contribution in [0.25, 0.3) is 28.7 Å². The lowest BCUT2D eigenvalue weighted by Gasteiger charge is -2.12. The van der Waals surface area contributed by atoms with E-state index in [1.54, 1.807) is 36.4 Å². The number of nitro groups is 1. The molecule has 35 heavy (non-hydrogen) atoms. The highest BCUT2D eigenvalue weighted by molar-refractivity contribution is 5.89. The largest absolute Gasteiger partial charge is 0.504 e. The molecule has 0 aliphatic heterocycles. The molecule has 10 heteroatoms. The number of carbonyl (C=O) groups is 1. The molecule has 1 N–H and O–H groups in total. The van der Waals surface area contributed by atoms with Gasteiger partial charge in [0.1, 0.15) is 5.82 Å². The van der Waals surface area contributed by atoms with Crippen LogP contribution in [0.3, 0.4) is 0 Å². The molecule has 0 amide bonds. The highest BCUT2D eigenvalue weighted by atomic mass is 16.6. The van der Waals surface area contributed by atoms with E-state index in [0.29, 0.717) is 16.8 Å². The number of aromatic nitrogens is 2. The SMILES string of the molecule is COC(=O)c1ccc(-n2c(C=Cc3ccc(O)c(OC)c3)nc3cc([N+](=O)[O-])ccc3c2=O)cc1. The zero-order valence-electron chi connectivity index (χ0n) is 18.7. The van der Waals surface area contributed by atoms with Gasteiger partial charge in [0, 0.05) is 12.1 Å². The van der Waals surface area contributed by atoms with Crippen molar-refractivity contribution in [3.05, 3.63) is 98.1 Å². The summed E-state index contributed by atoms with van der Waals surface area (Å²) in [6.07, 6.45) is 3.23. The average molecular weight is 473 g/mol. The molecule has 0 atom stereocenters. The third kappa shape index (κ3) is 4.58. The quantitative estimate of drug-likeness (QED) is 0.253. The molecule has 1 heterocycles. The van der Waals surface area contributed by atoms with Crippen LogP contribution < -0.4 is 10.3 Å². The molecule has 0 saturated carbocycles. The van der Waals surface area contributed by atoms with Crippen molar-refractivity contribution < 1.29 is 24.3 Å². The maximum Gasteiger partial charge on any atom is 0.337 e. The van der Waals surface area contributed by atoms with E-state index >= 15 is 0 Å². The van der Waals surface area contributed by atoms with Crippen molar-refractivity contribution in [2.75, 3.05) is 14.2 Å². The van der Waals surface area contributed by atoms with Crippen molar-refractivity contribution in [2.45, 2.75) is 0 Å². The second-order valence-electron chi connectivity index (χ2n) is 7.37. The van der Waals surface area contributed by atoms with Crippen LogP contribution >= 0.6 is 0 Å². The van der Waals surface area contributed by atoms with Gasteiger partial charge in [-0.15, -0.1) is 0 Å². The Morgan fingerprint density at radius 2 is 1.80 bits per heavy atom. The molecule has 1 aromatic heterocycles. The van der Waals surface area contributed by atoms with E-state index in [1.807, 2.05) is 0 Å². The number of carbonyl (C=O) groups excluding carboxylic acids is 1. The number of nitrogens with zero attached hydrogens (tertiary/aromatic N) is 3. The lowest BCUT2D eigenvalue weighted by molar-refractivity contribution is -0.384. The topological polar surface area (TPSA) is 134 Å². The Labute approximate surface area is 198 Å². The standard InChI is InChI=1S/C25H19N3O7/c1-34-22-13-15(3-11-21(22)29)4-12-23-26-20-14-18(28(32)33)9-10-19(20)24(30)27(23)17-7-5-16(6-8-17)25(31)35-2/h3-14,29H,1-2H3. The second kappa shape index (κ2) is 9.48. The molecule has 0 spiro atoms. The highest BCUT2D eigenvalue weighted by Crippen LogP contribution is 2.27. The Morgan fingerprint density at radius 1 is 1.06 bits per heavy atom. The van der Waals surface area contributed by atoms with Crippen molar-refractivity contribution in [3.8, 4) is 17.2 Å². The van der Waals surface area contributed by atoms with Crippen LogP contribution in [-0.2, 0) is 4.74 Å². The van der Waals surface area contributed by atoms with E-state index in [-0.39, 0.29) is 33.9 Å². The van der Waals surface area contributed by atoms with Crippen molar-refractivity contribution in [2.24, 2.45) is 0 Å². The van der Waals surface area contributed by atoms with E-state index in [1.165, 1.54) is 55.2 Å². The first kappa shape index (κ1) is 23.2. The number of non-ortho nitro benzene ring substituents is 1. The van der Waals surface area contributed by atoms with Crippen molar-refractivity contribution in [3.63, 3.8) is 0 Å². The lowest BCUT2D eigenvalue weighted by atomic mass is 10.1. The molecule has 0 radical (unpaired) electrons. The van der Waals surface area contributed by atoms with E-state index in [4.69, 9.17) is 9.47 Å². The lowest BCUT2D eigenvalue weighted by Crippen LogP contribution is -2.22. The first-order valence-electron chi connectivity index (χ1n) is 10.3. The minimum atomic E-state index is -0.559.